The number of carbonyl (C=O) groups excluding carboxylic acids is 3. The van der Waals surface area contributed by atoms with Gasteiger partial charge >= 0.3 is 0 Å². The smallest absolute Gasteiger partial charge is 0.227 e. The second-order valence-electron chi connectivity index (χ2n) is 17.1. The van der Waals surface area contributed by atoms with Crippen LogP contribution in [-0.4, -0.2) is 32.7 Å². The molecule has 9 nitrogen and oxygen atoms in total. The molecule has 3 aromatic carbocycles. The van der Waals surface area contributed by atoms with E-state index in [1.165, 1.54) is 52.6 Å². The molecular formula is C51H48N6O3. The van der Waals surface area contributed by atoms with E-state index < -0.39 is 17.8 Å². The molecule has 3 amide bonds. The third-order valence-corrected chi connectivity index (χ3v) is 13.1. The molecule has 0 spiro atoms. The summed E-state index contributed by atoms with van der Waals surface area (Å²) in [5, 5.41) is 9.12. The van der Waals surface area contributed by atoms with Gasteiger partial charge in [-0.05, 0) is 165 Å². The molecule has 9 heteroatoms. The van der Waals surface area contributed by atoms with Gasteiger partial charge in [0.05, 0.1) is 52.7 Å². The van der Waals surface area contributed by atoms with Crippen LogP contribution < -0.4 is 16.0 Å². The number of aromatic nitrogens is 3. The van der Waals surface area contributed by atoms with Crippen LogP contribution in [0.2, 0.25) is 0 Å². The van der Waals surface area contributed by atoms with Gasteiger partial charge in [0.1, 0.15) is 0 Å². The Morgan fingerprint density at radius 3 is 0.967 bits per heavy atom. The van der Waals surface area contributed by atoms with E-state index in [2.05, 4.69) is 85.5 Å². The summed E-state index contributed by atoms with van der Waals surface area (Å²) in [6, 6.07) is 30.9. The lowest BCUT2D eigenvalue weighted by Gasteiger charge is -2.33. The number of nitrogens with one attached hydrogen (secondary N) is 3. The monoisotopic (exact) mass is 792 g/mol. The number of hydrogen-bond acceptors (Lipinski definition) is 6. The fraction of sp³-hybridized carbons (Fsp3) is 0.294. The number of pyridine rings is 3. The Morgan fingerprint density at radius 2 is 0.683 bits per heavy atom. The third kappa shape index (κ3) is 7.96. The zero-order valence-electron chi connectivity index (χ0n) is 33.7. The molecule has 4 aliphatic rings. The summed E-state index contributed by atoms with van der Waals surface area (Å²) < 4.78 is 0. The zero-order valence-corrected chi connectivity index (χ0v) is 33.7. The fourth-order valence-electron chi connectivity index (χ4n) is 9.80. The van der Waals surface area contributed by atoms with Crippen molar-refractivity contribution in [2.45, 2.75) is 77.0 Å². The first-order valence-corrected chi connectivity index (χ1v) is 21.6. The molecule has 0 aliphatic heterocycles. The van der Waals surface area contributed by atoms with Gasteiger partial charge in [0.15, 0.2) is 0 Å². The van der Waals surface area contributed by atoms with Gasteiger partial charge in [-0.1, -0.05) is 36.4 Å². The number of nitrogens with zero attached hydrogens (tertiary/aromatic N) is 3. The van der Waals surface area contributed by atoms with Crippen molar-refractivity contribution in [3.63, 3.8) is 0 Å². The minimum Gasteiger partial charge on any atom is -0.324 e. The standard InChI is InChI=1S/C51H48N6O3/c58-49(55-43-16-19-46(52-28-43)37-13-10-31-4-1-7-34(31)22-37)40-25-41(50(59)56-44-17-20-47(53-29-44)38-14-11-32-5-2-8-35(32)23-38)27-42(26-40)51(60)57-45-18-21-48(54-30-45)39-15-12-33-6-3-9-36(33)24-39/h10-24,28-30,40-42H,1-9,25-27H2,(H,55,58)(H,56,59)(H,57,60). The minimum absolute atomic E-state index is 0.238. The number of hydrogen-bond donors (Lipinski definition) is 3. The van der Waals surface area contributed by atoms with Crippen molar-refractivity contribution in [1.82, 2.24) is 15.0 Å². The van der Waals surface area contributed by atoms with Crippen molar-refractivity contribution in [2.24, 2.45) is 17.8 Å². The maximum Gasteiger partial charge on any atom is 0.227 e. The van der Waals surface area contributed by atoms with Crippen LogP contribution in [0.15, 0.2) is 110 Å². The van der Waals surface area contributed by atoms with E-state index >= 15 is 0 Å². The van der Waals surface area contributed by atoms with Crippen LogP contribution in [0.3, 0.4) is 0 Å². The molecule has 4 aliphatic carbocycles. The first-order valence-electron chi connectivity index (χ1n) is 21.6. The Balaban J connectivity index is 0.838. The van der Waals surface area contributed by atoms with Crippen LogP contribution in [0.5, 0.6) is 0 Å². The normalized spacial score (nSPS) is 18.9. The molecular weight excluding hydrogens is 745 g/mol. The van der Waals surface area contributed by atoms with E-state index in [4.69, 9.17) is 0 Å². The van der Waals surface area contributed by atoms with Crippen LogP contribution in [-0.2, 0) is 52.9 Å². The van der Waals surface area contributed by atoms with Crippen LogP contribution in [0, 0.1) is 17.8 Å². The predicted molar refractivity (Wildman–Crippen MR) is 235 cm³/mol. The van der Waals surface area contributed by atoms with Crippen LogP contribution >= 0.6 is 0 Å². The van der Waals surface area contributed by atoms with Crippen molar-refractivity contribution < 1.29 is 14.4 Å². The topological polar surface area (TPSA) is 126 Å². The molecule has 0 radical (unpaired) electrons. The number of benzene rings is 3. The average Bonchev–Trinajstić information content (AvgIpc) is 4.08. The van der Waals surface area contributed by atoms with E-state index in [-0.39, 0.29) is 17.7 Å². The number of anilines is 3. The number of aryl methyl sites for hydroxylation is 6. The molecule has 1 fully saturated rings. The van der Waals surface area contributed by atoms with Gasteiger partial charge < -0.3 is 16.0 Å². The zero-order chi connectivity index (χ0) is 40.6. The Labute approximate surface area is 350 Å². The predicted octanol–water partition coefficient (Wildman–Crippen LogP) is 9.59. The summed E-state index contributed by atoms with van der Waals surface area (Å²) in [4.78, 5) is 55.9. The van der Waals surface area contributed by atoms with Gasteiger partial charge in [-0.3, -0.25) is 29.3 Å². The molecule has 0 bridgehead atoms. The number of rotatable bonds is 9. The van der Waals surface area contributed by atoms with Crippen molar-refractivity contribution in [3.8, 4) is 33.8 Å². The summed E-state index contributed by atoms with van der Waals surface area (Å²) in [7, 11) is 0. The van der Waals surface area contributed by atoms with Crippen molar-refractivity contribution in [2.75, 3.05) is 16.0 Å². The van der Waals surface area contributed by atoms with E-state index in [1.807, 2.05) is 36.4 Å². The highest BCUT2D eigenvalue weighted by atomic mass is 16.2. The molecule has 3 N–H and O–H groups in total. The summed E-state index contributed by atoms with van der Waals surface area (Å²) in [6.07, 6.45) is 16.2. The maximum atomic E-state index is 14.0. The lowest BCUT2D eigenvalue weighted by Crippen LogP contribution is -2.40. The summed E-state index contributed by atoms with van der Waals surface area (Å²) >= 11 is 0. The fourth-order valence-corrected chi connectivity index (χ4v) is 9.80. The van der Waals surface area contributed by atoms with Crippen molar-refractivity contribution in [3.05, 3.63) is 143 Å². The highest BCUT2D eigenvalue weighted by Crippen LogP contribution is 2.37. The molecule has 0 atom stereocenters. The lowest BCUT2D eigenvalue weighted by atomic mass is 9.74. The van der Waals surface area contributed by atoms with Gasteiger partial charge in [-0.2, -0.15) is 0 Å². The van der Waals surface area contributed by atoms with E-state index in [9.17, 15) is 14.4 Å². The maximum absolute atomic E-state index is 14.0. The SMILES string of the molecule is O=C(Nc1ccc(-c2ccc3c(c2)CCC3)nc1)C1CC(C(=O)Nc2ccc(-c3ccc4c(c3)CCC4)nc2)CC(C(=O)Nc2ccc(-c3ccc4c(c3)CCC4)nc2)C1. The summed E-state index contributed by atoms with van der Waals surface area (Å²) in [5.74, 6) is -2.46. The molecule has 0 unspecified atom stereocenters. The van der Waals surface area contributed by atoms with Crippen LogP contribution in [0.1, 0.15) is 71.9 Å². The van der Waals surface area contributed by atoms with Gasteiger partial charge in [-0.15, -0.1) is 0 Å². The largest absolute Gasteiger partial charge is 0.324 e. The molecule has 3 aromatic heterocycles. The molecule has 300 valence electrons. The van der Waals surface area contributed by atoms with Gasteiger partial charge in [0.25, 0.3) is 0 Å². The van der Waals surface area contributed by atoms with Crippen LogP contribution in [0.4, 0.5) is 17.1 Å². The molecule has 1 saturated carbocycles. The lowest BCUT2D eigenvalue weighted by molar-refractivity contribution is -0.129. The Bertz CT molecular complexity index is 2310. The van der Waals surface area contributed by atoms with Crippen LogP contribution in [0.25, 0.3) is 33.8 Å². The number of carbonyl (C=O) groups is 3. The van der Waals surface area contributed by atoms with Crippen molar-refractivity contribution >= 4 is 34.8 Å². The Kier molecular flexibility index (Phi) is 10.3. The second-order valence-corrected chi connectivity index (χ2v) is 17.1. The highest BCUT2D eigenvalue weighted by Gasteiger charge is 2.39. The molecule has 10 rings (SSSR count). The number of fused-ring (bicyclic) bond motifs is 3. The first-order chi connectivity index (χ1) is 29.4. The van der Waals surface area contributed by atoms with Gasteiger partial charge in [0.2, 0.25) is 17.7 Å². The first kappa shape index (κ1) is 37.8. The minimum atomic E-state index is -0.581. The van der Waals surface area contributed by atoms with E-state index in [0.29, 0.717) is 36.3 Å². The van der Waals surface area contributed by atoms with E-state index in [0.717, 1.165) is 72.3 Å². The average molecular weight is 793 g/mol. The third-order valence-electron chi connectivity index (χ3n) is 13.1. The molecule has 60 heavy (non-hydrogen) atoms. The van der Waals surface area contributed by atoms with Gasteiger partial charge in [0, 0.05) is 34.4 Å². The highest BCUT2D eigenvalue weighted by molar-refractivity contribution is 5.98. The molecule has 3 heterocycles. The summed E-state index contributed by atoms with van der Waals surface area (Å²) in [5.41, 5.74) is 15.8. The molecule has 6 aromatic rings. The van der Waals surface area contributed by atoms with Gasteiger partial charge in [-0.25, -0.2) is 0 Å². The second kappa shape index (κ2) is 16.3. The summed E-state index contributed by atoms with van der Waals surface area (Å²) in [6.45, 7) is 0. The number of amides is 3. The Hall–Kier alpha value is -6.48. The quantitative estimate of drug-likeness (QED) is 0.134. The van der Waals surface area contributed by atoms with E-state index in [1.54, 1.807) is 18.6 Å². The molecule has 0 saturated heterocycles. The van der Waals surface area contributed by atoms with Crippen molar-refractivity contribution in [1.29, 1.82) is 0 Å². The Morgan fingerprint density at radius 1 is 0.383 bits per heavy atom.